The van der Waals surface area contributed by atoms with Crippen LogP contribution in [0, 0.1) is 11.3 Å². The summed E-state index contributed by atoms with van der Waals surface area (Å²) in [7, 11) is 2.02. The number of benzene rings is 1. The lowest BCUT2D eigenvalue weighted by Gasteiger charge is -2.35. The van der Waals surface area contributed by atoms with E-state index in [0.717, 1.165) is 56.5 Å². The highest BCUT2D eigenvalue weighted by atomic mass is 15.2. The highest BCUT2D eigenvalue weighted by Gasteiger charge is 2.24. The molecule has 1 saturated carbocycles. The summed E-state index contributed by atoms with van der Waals surface area (Å²) in [4.78, 5) is 7.13. The highest BCUT2D eigenvalue weighted by molar-refractivity contribution is 5.37. The number of imidazole rings is 1. The van der Waals surface area contributed by atoms with Gasteiger partial charge >= 0.3 is 0 Å². The van der Waals surface area contributed by atoms with Crippen LogP contribution in [-0.2, 0) is 20.0 Å². The third-order valence-corrected chi connectivity index (χ3v) is 5.66. The van der Waals surface area contributed by atoms with Crippen molar-refractivity contribution in [3.05, 3.63) is 53.6 Å². The maximum absolute atomic E-state index is 9.24. The van der Waals surface area contributed by atoms with Crippen molar-refractivity contribution in [1.29, 1.82) is 5.26 Å². The van der Waals surface area contributed by atoms with Crippen molar-refractivity contribution in [2.45, 2.75) is 63.6 Å². The molecule has 1 aromatic heterocycles. The lowest BCUT2D eigenvalue weighted by Crippen LogP contribution is -2.41. The predicted octanol–water partition coefficient (Wildman–Crippen LogP) is 3.39. The number of unbranched alkanes of at least 4 members (excludes halogenated alkanes) is 1. The van der Waals surface area contributed by atoms with Crippen LogP contribution in [0.4, 0.5) is 0 Å². The Kier molecular flexibility index (Phi) is 7.03. The second-order valence-corrected chi connectivity index (χ2v) is 7.80. The molecule has 1 heterocycles. The van der Waals surface area contributed by atoms with Gasteiger partial charge in [0, 0.05) is 31.9 Å². The summed E-state index contributed by atoms with van der Waals surface area (Å²) in [5.74, 6) is 0. The Morgan fingerprint density at radius 2 is 2.00 bits per heavy atom. The van der Waals surface area contributed by atoms with Crippen LogP contribution in [0.5, 0.6) is 0 Å². The highest BCUT2D eigenvalue weighted by Crippen LogP contribution is 2.24. The monoisotopic (exact) mass is 365 g/mol. The van der Waals surface area contributed by atoms with Crippen molar-refractivity contribution < 1.29 is 0 Å². The molecule has 0 saturated heterocycles. The van der Waals surface area contributed by atoms with Gasteiger partial charge in [0.1, 0.15) is 0 Å². The molecule has 5 nitrogen and oxygen atoms in total. The van der Waals surface area contributed by atoms with Gasteiger partial charge in [-0.2, -0.15) is 5.26 Å². The van der Waals surface area contributed by atoms with Crippen molar-refractivity contribution >= 4 is 0 Å². The lowest BCUT2D eigenvalue weighted by atomic mass is 9.90. The summed E-state index contributed by atoms with van der Waals surface area (Å²) in [5.41, 5.74) is 9.22. The number of nitrogens with zero attached hydrogens (tertiary/aromatic N) is 4. The fourth-order valence-electron chi connectivity index (χ4n) is 4.09. The molecule has 2 N–H and O–H groups in total. The minimum atomic E-state index is 0.375. The standard InChI is InChI=1S/C22H31N5/c1-26-15-21(25-17-26)16-27(22-11-9-20(24)10-12-22)13-5-4-7-18-6-2-3-8-19(18)14-23/h2-3,6,8,15,17,20,22H,4-5,7,9-13,16,24H2,1H3. The number of hydrogen-bond acceptors (Lipinski definition) is 4. The van der Waals surface area contributed by atoms with E-state index in [-0.39, 0.29) is 0 Å². The molecular weight excluding hydrogens is 334 g/mol. The summed E-state index contributed by atoms with van der Waals surface area (Å²) in [5, 5.41) is 9.24. The smallest absolute Gasteiger partial charge is 0.0994 e. The molecule has 1 aromatic carbocycles. The minimum Gasteiger partial charge on any atom is -0.340 e. The van der Waals surface area contributed by atoms with Crippen LogP contribution in [0.3, 0.4) is 0 Å². The zero-order valence-electron chi connectivity index (χ0n) is 16.3. The molecule has 0 aliphatic heterocycles. The first-order valence-corrected chi connectivity index (χ1v) is 10.1. The van der Waals surface area contributed by atoms with Crippen molar-refractivity contribution in [3.63, 3.8) is 0 Å². The molecule has 3 rings (SSSR count). The van der Waals surface area contributed by atoms with Crippen LogP contribution < -0.4 is 5.73 Å². The molecule has 0 spiro atoms. The van der Waals surface area contributed by atoms with Crippen LogP contribution in [0.2, 0.25) is 0 Å². The van der Waals surface area contributed by atoms with E-state index in [2.05, 4.69) is 28.2 Å². The fourth-order valence-corrected chi connectivity index (χ4v) is 4.09. The Morgan fingerprint density at radius 1 is 1.22 bits per heavy atom. The zero-order valence-corrected chi connectivity index (χ0v) is 16.3. The zero-order chi connectivity index (χ0) is 19.1. The van der Waals surface area contributed by atoms with Gasteiger partial charge in [0.05, 0.1) is 23.7 Å². The Bertz CT molecular complexity index is 752. The van der Waals surface area contributed by atoms with E-state index in [0.29, 0.717) is 12.1 Å². The Hall–Kier alpha value is -2.16. The summed E-state index contributed by atoms with van der Waals surface area (Å²) in [6, 6.07) is 11.2. The van der Waals surface area contributed by atoms with Gasteiger partial charge in [-0.05, 0) is 63.1 Å². The van der Waals surface area contributed by atoms with Gasteiger partial charge in [0.2, 0.25) is 0 Å². The summed E-state index contributed by atoms with van der Waals surface area (Å²) in [6.45, 7) is 1.99. The van der Waals surface area contributed by atoms with Gasteiger partial charge in [0.25, 0.3) is 0 Å². The molecule has 0 unspecified atom stereocenters. The second kappa shape index (κ2) is 9.68. The van der Waals surface area contributed by atoms with E-state index < -0.39 is 0 Å². The predicted molar refractivity (Wildman–Crippen MR) is 108 cm³/mol. The first-order chi connectivity index (χ1) is 13.2. The van der Waals surface area contributed by atoms with Crippen LogP contribution in [-0.4, -0.2) is 33.1 Å². The van der Waals surface area contributed by atoms with Gasteiger partial charge in [-0.1, -0.05) is 18.2 Å². The van der Waals surface area contributed by atoms with Crippen molar-refractivity contribution in [2.75, 3.05) is 6.54 Å². The van der Waals surface area contributed by atoms with Gasteiger partial charge in [0.15, 0.2) is 0 Å². The van der Waals surface area contributed by atoms with E-state index in [9.17, 15) is 5.26 Å². The Labute approximate surface area is 162 Å². The molecule has 0 radical (unpaired) electrons. The van der Waals surface area contributed by atoms with Gasteiger partial charge in [-0.3, -0.25) is 4.90 Å². The molecule has 5 heteroatoms. The topological polar surface area (TPSA) is 70.9 Å². The quantitative estimate of drug-likeness (QED) is 0.728. The minimum absolute atomic E-state index is 0.375. The number of hydrogen-bond donors (Lipinski definition) is 1. The van der Waals surface area contributed by atoms with Crippen LogP contribution in [0.15, 0.2) is 36.8 Å². The molecule has 0 amide bonds. The van der Waals surface area contributed by atoms with Crippen LogP contribution in [0.25, 0.3) is 0 Å². The summed E-state index contributed by atoms with van der Waals surface area (Å²) in [6.07, 6.45) is 11.8. The molecule has 0 atom stereocenters. The third-order valence-electron chi connectivity index (χ3n) is 5.66. The lowest BCUT2D eigenvalue weighted by molar-refractivity contribution is 0.138. The van der Waals surface area contributed by atoms with Gasteiger partial charge in [-0.25, -0.2) is 4.98 Å². The molecule has 27 heavy (non-hydrogen) atoms. The van der Waals surface area contributed by atoms with E-state index in [4.69, 9.17) is 5.73 Å². The van der Waals surface area contributed by atoms with Crippen molar-refractivity contribution in [2.24, 2.45) is 12.8 Å². The van der Waals surface area contributed by atoms with E-state index in [1.54, 1.807) is 0 Å². The van der Waals surface area contributed by atoms with Crippen LogP contribution in [0.1, 0.15) is 55.3 Å². The van der Waals surface area contributed by atoms with E-state index in [1.807, 2.05) is 36.1 Å². The van der Waals surface area contributed by atoms with Crippen molar-refractivity contribution in [3.8, 4) is 6.07 Å². The number of nitrogens with two attached hydrogens (primary N) is 1. The van der Waals surface area contributed by atoms with Crippen molar-refractivity contribution in [1.82, 2.24) is 14.5 Å². The fraction of sp³-hybridized carbons (Fsp3) is 0.545. The van der Waals surface area contributed by atoms with E-state index in [1.165, 1.54) is 18.4 Å². The largest absolute Gasteiger partial charge is 0.340 e. The normalized spacial score (nSPS) is 19.9. The molecule has 1 aliphatic carbocycles. The Balaban J connectivity index is 1.55. The molecule has 144 valence electrons. The SMILES string of the molecule is Cn1cnc(CN(CCCCc2ccccc2C#N)C2CCC(N)CC2)c1. The number of aryl methyl sites for hydroxylation is 2. The van der Waals surface area contributed by atoms with Crippen LogP contribution >= 0.6 is 0 Å². The van der Waals surface area contributed by atoms with E-state index >= 15 is 0 Å². The molecule has 2 aromatic rings. The second-order valence-electron chi connectivity index (χ2n) is 7.80. The number of aromatic nitrogens is 2. The van der Waals surface area contributed by atoms with Gasteiger partial charge < -0.3 is 10.3 Å². The number of nitriles is 1. The molecular formula is C22H31N5. The molecule has 1 fully saturated rings. The molecule has 1 aliphatic rings. The molecule has 0 bridgehead atoms. The average molecular weight is 366 g/mol. The third kappa shape index (κ3) is 5.66. The maximum atomic E-state index is 9.24. The first-order valence-electron chi connectivity index (χ1n) is 10.1. The Morgan fingerprint density at radius 3 is 2.70 bits per heavy atom. The maximum Gasteiger partial charge on any atom is 0.0994 e. The summed E-state index contributed by atoms with van der Waals surface area (Å²) < 4.78 is 2.02. The number of rotatable bonds is 8. The average Bonchev–Trinajstić information content (AvgIpc) is 3.10. The van der Waals surface area contributed by atoms with Gasteiger partial charge in [-0.15, -0.1) is 0 Å². The first kappa shape index (κ1) is 19.6. The summed E-state index contributed by atoms with van der Waals surface area (Å²) >= 11 is 0.